The molecule has 1 aromatic carbocycles. The highest BCUT2D eigenvalue weighted by molar-refractivity contribution is 5.74. The maximum Gasteiger partial charge on any atom is 0.245 e. The number of benzene rings is 1. The molecule has 0 radical (unpaired) electrons. The fraction of sp³-hybridized carbons (Fsp3) is 0.364. The topological polar surface area (TPSA) is 93.8 Å². The van der Waals surface area contributed by atoms with Crippen LogP contribution in [0, 0.1) is 5.82 Å². The van der Waals surface area contributed by atoms with Gasteiger partial charge in [0.1, 0.15) is 30.9 Å². The molecule has 100 valence electrons. The van der Waals surface area contributed by atoms with Gasteiger partial charge in [-0.05, 0) is 24.3 Å². The Balaban J connectivity index is 2.14. The van der Waals surface area contributed by atoms with Gasteiger partial charge in [0.05, 0.1) is 6.54 Å². The van der Waals surface area contributed by atoms with Crippen molar-refractivity contribution in [1.82, 2.24) is 5.48 Å². The van der Waals surface area contributed by atoms with E-state index in [9.17, 15) is 14.3 Å². The standard InChI is InChI=1S/C11H15FN2O4/c12-8-1-3-10(4-2-8)17-6-9(15)5-14-18-7-11(13)16/h1-4,9,14-15H,5-7H2,(H2,13,16). The number of nitrogens with two attached hydrogens (primary N) is 1. The van der Waals surface area contributed by atoms with Gasteiger partial charge >= 0.3 is 0 Å². The summed E-state index contributed by atoms with van der Waals surface area (Å²) in [6.45, 7) is -0.182. The summed E-state index contributed by atoms with van der Waals surface area (Å²) in [5, 5.41) is 9.47. The lowest BCUT2D eigenvalue weighted by Crippen LogP contribution is -2.33. The lowest BCUT2D eigenvalue weighted by atomic mass is 10.3. The zero-order valence-electron chi connectivity index (χ0n) is 9.64. The Morgan fingerprint density at radius 2 is 2.11 bits per heavy atom. The number of aliphatic hydroxyl groups excluding tert-OH is 1. The number of primary amides is 1. The van der Waals surface area contributed by atoms with Crippen LogP contribution >= 0.6 is 0 Å². The molecule has 0 aliphatic heterocycles. The van der Waals surface area contributed by atoms with Crippen molar-refractivity contribution in [2.75, 3.05) is 19.8 Å². The molecule has 6 nitrogen and oxygen atoms in total. The van der Waals surface area contributed by atoms with Crippen LogP contribution in [-0.2, 0) is 9.63 Å². The molecule has 18 heavy (non-hydrogen) atoms. The van der Waals surface area contributed by atoms with E-state index < -0.39 is 12.0 Å². The van der Waals surface area contributed by atoms with E-state index in [1.807, 2.05) is 0 Å². The summed E-state index contributed by atoms with van der Waals surface area (Å²) >= 11 is 0. The highest BCUT2D eigenvalue weighted by atomic mass is 19.1. The van der Waals surface area contributed by atoms with Crippen molar-refractivity contribution in [2.45, 2.75) is 6.10 Å². The van der Waals surface area contributed by atoms with Crippen LogP contribution in [0.1, 0.15) is 0 Å². The molecule has 1 atom stereocenters. The van der Waals surface area contributed by atoms with Crippen LogP contribution in [0.4, 0.5) is 4.39 Å². The van der Waals surface area contributed by atoms with Gasteiger partial charge in [-0.2, -0.15) is 5.48 Å². The number of ether oxygens (including phenoxy) is 1. The van der Waals surface area contributed by atoms with Crippen molar-refractivity contribution in [3.63, 3.8) is 0 Å². The van der Waals surface area contributed by atoms with Gasteiger partial charge in [0.15, 0.2) is 0 Å². The molecular weight excluding hydrogens is 243 g/mol. The minimum Gasteiger partial charge on any atom is -0.491 e. The van der Waals surface area contributed by atoms with E-state index in [2.05, 4.69) is 10.3 Å². The van der Waals surface area contributed by atoms with Gasteiger partial charge in [-0.25, -0.2) is 4.39 Å². The second kappa shape index (κ2) is 7.59. The lowest BCUT2D eigenvalue weighted by Gasteiger charge is -2.12. The van der Waals surface area contributed by atoms with E-state index in [1.54, 1.807) is 0 Å². The predicted octanol–water partition coefficient (Wildman–Crippen LogP) is -0.428. The van der Waals surface area contributed by atoms with Gasteiger partial charge in [-0.3, -0.25) is 9.63 Å². The molecule has 0 aliphatic carbocycles. The minimum absolute atomic E-state index is 0.0125. The Morgan fingerprint density at radius 1 is 1.44 bits per heavy atom. The third-order valence-electron chi connectivity index (χ3n) is 1.89. The second-order valence-corrected chi connectivity index (χ2v) is 3.52. The van der Waals surface area contributed by atoms with E-state index in [0.717, 1.165) is 0 Å². The fourth-order valence-electron chi connectivity index (χ4n) is 1.06. The molecule has 7 heteroatoms. The van der Waals surface area contributed by atoms with Gasteiger partial charge in [0.2, 0.25) is 5.91 Å². The van der Waals surface area contributed by atoms with Gasteiger partial charge in [-0.15, -0.1) is 0 Å². The molecule has 1 aromatic rings. The average Bonchev–Trinajstić information content (AvgIpc) is 2.34. The first-order valence-electron chi connectivity index (χ1n) is 5.27. The zero-order chi connectivity index (χ0) is 13.4. The van der Waals surface area contributed by atoms with Crippen molar-refractivity contribution >= 4 is 5.91 Å². The molecule has 1 unspecified atom stereocenters. The van der Waals surface area contributed by atoms with Crippen LogP contribution in [0.3, 0.4) is 0 Å². The SMILES string of the molecule is NC(=O)CONCC(O)COc1ccc(F)cc1. The molecule has 4 N–H and O–H groups in total. The Kier molecular flexibility index (Phi) is 6.06. The third-order valence-corrected chi connectivity index (χ3v) is 1.89. The number of hydrogen-bond acceptors (Lipinski definition) is 5. The van der Waals surface area contributed by atoms with Gasteiger partial charge in [0, 0.05) is 0 Å². The number of nitrogens with one attached hydrogen (secondary N) is 1. The highest BCUT2D eigenvalue weighted by Crippen LogP contribution is 2.10. The molecule has 1 amide bonds. The van der Waals surface area contributed by atoms with Crippen molar-refractivity contribution in [1.29, 1.82) is 0 Å². The molecule has 0 heterocycles. The van der Waals surface area contributed by atoms with E-state index in [-0.39, 0.29) is 25.6 Å². The third kappa shape index (κ3) is 6.14. The first-order valence-corrected chi connectivity index (χ1v) is 5.27. The first-order chi connectivity index (χ1) is 8.58. The average molecular weight is 258 g/mol. The van der Waals surface area contributed by atoms with Gasteiger partial charge in [-0.1, -0.05) is 0 Å². The summed E-state index contributed by atoms with van der Waals surface area (Å²) in [5.74, 6) is -0.516. The number of carbonyl (C=O) groups excluding carboxylic acids is 1. The number of aliphatic hydroxyl groups is 1. The highest BCUT2D eigenvalue weighted by Gasteiger charge is 2.05. The van der Waals surface area contributed by atoms with E-state index >= 15 is 0 Å². The number of rotatable bonds is 8. The summed E-state index contributed by atoms with van der Waals surface area (Å²) in [4.78, 5) is 15.0. The van der Waals surface area contributed by atoms with E-state index in [4.69, 9.17) is 10.5 Å². The van der Waals surface area contributed by atoms with Crippen LogP contribution < -0.4 is 16.0 Å². The molecular formula is C11H15FN2O4. The van der Waals surface area contributed by atoms with Crippen LogP contribution in [0.5, 0.6) is 5.75 Å². The van der Waals surface area contributed by atoms with E-state index in [1.165, 1.54) is 24.3 Å². The number of halogens is 1. The molecule has 0 spiro atoms. The van der Waals surface area contributed by atoms with Gasteiger partial charge in [0.25, 0.3) is 0 Å². The molecule has 0 bridgehead atoms. The summed E-state index contributed by atoms with van der Waals surface area (Å²) in [5.41, 5.74) is 7.21. The Hall–Kier alpha value is -1.70. The summed E-state index contributed by atoms with van der Waals surface area (Å²) in [6, 6.07) is 5.43. The molecule has 1 rings (SSSR count). The molecule has 0 aromatic heterocycles. The Labute approximate surface area is 103 Å². The lowest BCUT2D eigenvalue weighted by molar-refractivity contribution is -0.125. The number of hydroxylamine groups is 1. The van der Waals surface area contributed by atoms with Crippen molar-refractivity contribution in [2.24, 2.45) is 5.73 Å². The zero-order valence-corrected chi connectivity index (χ0v) is 9.64. The monoisotopic (exact) mass is 258 g/mol. The van der Waals surface area contributed by atoms with Crippen LogP contribution in [0.15, 0.2) is 24.3 Å². The van der Waals surface area contributed by atoms with Crippen molar-refractivity contribution in [3.8, 4) is 5.75 Å². The van der Waals surface area contributed by atoms with Gasteiger partial charge < -0.3 is 15.6 Å². The second-order valence-electron chi connectivity index (χ2n) is 3.52. The Bertz CT molecular complexity index is 372. The van der Waals surface area contributed by atoms with Crippen LogP contribution in [0.2, 0.25) is 0 Å². The molecule has 0 fully saturated rings. The Morgan fingerprint density at radius 3 is 2.72 bits per heavy atom. The number of amides is 1. The van der Waals surface area contributed by atoms with Crippen LogP contribution in [-0.4, -0.2) is 36.9 Å². The maximum absolute atomic E-state index is 12.6. The number of carbonyl (C=O) groups is 1. The molecule has 0 aliphatic rings. The smallest absolute Gasteiger partial charge is 0.245 e. The number of hydrogen-bond donors (Lipinski definition) is 3. The van der Waals surface area contributed by atoms with Crippen molar-refractivity contribution < 1.29 is 23.9 Å². The summed E-state index contributed by atoms with van der Waals surface area (Å²) < 4.78 is 17.8. The summed E-state index contributed by atoms with van der Waals surface area (Å²) in [6.07, 6.45) is -0.831. The largest absolute Gasteiger partial charge is 0.491 e. The fourth-order valence-corrected chi connectivity index (χ4v) is 1.06. The van der Waals surface area contributed by atoms with Crippen molar-refractivity contribution in [3.05, 3.63) is 30.1 Å². The summed E-state index contributed by atoms with van der Waals surface area (Å²) in [7, 11) is 0. The first kappa shape index (κ1) is 14.4. The normalized spacial score (nSPS) is 12.1. The minimum atomic E-state index is -0.831. The van der Waals surface area contributed by atoms with E-state index in [0.29, 0.717) is 5.75 Å². The maximum atomic E-state index is 12.6. The molecule has 0 saturated carbocycles. The molecule has 0 saturated heterocycles. The van der Waals surface area contributed by atoms with Crippen LogP contribution in [0.25, 0.3) is 0 Å². The quantitative estimate of drug-likeness (QED) is 0.434. The predicted molar refractivity (Wildman–Crippen MR) is 61.1 cm³/mol.